The molecule has 10 nitrogen and oxygen atoms in total. The molecule has 2 atom stereocenters. The Balaban J connectivity index is 1.62. The maximum Gasteiger partial charge on any atom is 0.326 e. The Kier molecular flexibility index (Phi) is 9.79. The van der Waals surface area contributed by atoms with Crippen LogP contribution >= 0.6 is 35.0 Å². The summed E-state index contributed by atoms with van der Waals surface area (Å²) in [5.74, 6) is -3.48. The number of aliphatic carboxylic acids is 2. The van der Waals surface area contributed by atoms with Gasteiger partial charge in [-0.25, -0.2) is 4.79 Å². The topological polar surface area (TPSA) is 153 Å². The molecule has 2 aromatic rings. The monoisotopic (exact) mass is 567 g/mol. The second kappa shape index (κ2) is 12.8. The molecule has 0 bridgehead atoms. The maximum absolute atomic E-state index is 12.8. The zero-order valence-corrected chi connectivity index (χ0v) is 21.6. The zero-order chi connectivity index (χ0) is 27.1. The average Bonchev–Trinajstić information content (AvgIpc) is 3.33. The Bertz CT molecular complexity index is 1190. The summed E-state index contributed by atoms with van der Waals surface area (Å²) >= 11 is 13.5. The lowest BCUT2D eigenvalue weighted by Gasteiger charge is -2.24. The Labute approximate surface area is 226 Å². The van der Waals surface area contributed by atoms with Gasteiger partial charge >= 0.3 is 11.9 Å². The summed E-state index contributed by atoms with van der Waals surface area (Å²) in [7, 11) is 0. The first-order valence-electron chi connectivity index (χ1n) is 11.0. The van der Waals surface area contributed by atoms with Crippen molar-refractivity contribution in [1.82, 2.24) is 10.2 Å². The van der Waals surface area contributed by atoms with Crippen LogP contribution in [-0.2, 0) is 25.6 Å². The number of rotatable bonds is 10. The first kappa shape index (κ1) is 28.3. The number of carbonyl (C=O) groups excluding carboxylic acids is 3. The minimum atomic E-state index is -1.27. The van der Waals surface area contributed by atoms with E-state index in [4.69, 9.17) is 28.3 Å². The van der Waals surface area contributed by atoms with E-state index >= 15 is 0 Å². The normalized spacial score (nSPS) is 15.6. The number of carboxylic acids is 2. The summed E-state index contributed by atoms with van der Waals surface area (Å²) in [5, 5.41) is 24.0. The Morgan fingerprint density at radius 1 is 1.00 bits per heavy atom. The van der Waals surface area contributed by atoms with Gasteiger partial charge in [0.05, 0.1) is 27.9 Å². The number of nitrogens with zero attached hydrogens (tertiary/aromatic N) is 1. The first-order valence-corrected chi connectivity index (χ1v) is 12.9. The Hall–Kier alpha value is -3.28. The van der Waals surface area contributed by atoms with Crippen molar-refractivity contribution in [3.8, 4) is 0 Å². The lowest BCUT2D eigenvalue weighted by Crippen LogP contribution is -2.52. The molecule has 4 N–H and O–H groups in total. The van der Waals surface area contributed by atoms with Gasteiger partial charge in [-0.2, -0.15) is 0 Å². The Morgan fingerprint density at radius 3 is 2.24 bits per heavy atom. The van der Waals surface area contributed by atoms with Gasteiger partial charge in [-0.15, -0.1) is 11.8 Å². The molecule has 196 valence electrons. The van der Waals surface area contributed by atoms with Crippen molar-refractivity contribution in [3.05, 3.63) is 63.6 Å². The summed E-state index contributed by atoms with van der Waals surface area (Å²) in [6, 6.07) is 8.93. The molecule has 37 heavy (non-hydrogen) atoms. The average molecular weight is 568 g/mol. The lowest BCUT2D eigenvalue weighted by atomic mass is 10.0. The third-order valence-corrected chi connectivity index (χ3v) is 7.16. The number of thioether (sulfide) groups is 1. The molecular formula is C24H23Cl2N3O7S. The van der Waals surface area contributed by atoms with Gasteiger partial charge in [0.1, 0.15) is 12.1 Å². The van der Waals surface area contributed by atoms with E-state index in [1.54, 1.807) is 42.5 Å². The van der Waals surface area contributed by atoms with E-state index in [-0.39, 0.29) is 46.5 Å². The highest BCUT2D eigenvalue weighted by Gasteiger charge is 2.36. The van der Waals surface area contributed by atoms with E-state index in [1.165, 1.54) is 16.7 Å². The molecule has 2 aromatic carbocycles. The number of halogens is 2. The standard InChI is InChI=1S/C24H23Cl2N3O7S/c25-15-2-1-3-16(26)21(15)23(34)27-14-6-4-13(5-7-14)10-17(24(35)36)28-22(33)18-11-37-12-29(18)19(30)8-9-20(31)32/h1-7,17-18H,8-12H2,(H,27,34)(H,28,33)(H,31,32)(H,35,36). The number of carbonyl (C=O) groups is 5. The fraction of sp³-hybridized carbons (Fsp3) is 0.292. The van der Waals surface area contributed by atoms with Crippen LogP contribution in [0, 0.1) is 0 Å². The number of amides is 3. The smallest absolute Gasteiger partial charge is 0.326 e. The summed E-state index contributed by atoms with van der Waals surface area (Å²) in [4.78, 5) is 61.5. The lowest BCUT2D eigenvalue weighted by molar-refractivity contribution is -0.145. The number of anilines is 1. The Morgan fingerprint density at radius 2 is 1.65 bits per heavy atom. The number of hydrogen-bond acceptors (Lipinski definition) is 6. The van der Waals surface area contributed by atoms with Crippen LogP contribution in [0.25, 0.3) is 0 Å². The molecule has 2 unspecified atom stereocenters. The van der Waals surface area contributed by atoms with Gasteiger partial charge in [0, 0.05) is 24.3 Å². The van der Waals surface area contributed by atoms with Crippen LogP contribution in [0.15, 0.2) is 42.5 Å². The molecule has 0 saturated carbocycles. The van der Waals surface area contributed by atoms with E-state index in [1.807, 2.05) is 0 Å². The van der Waals surface area contributed by atoms with E-state index < -0.39 is 41.7 Å². The van der Waals surface area contributed by atoms with Gasteiger partial charge in [-0.05, 0) is 29.8 Å². The fourth-order valence-corrected chi connectivity index (χ4v) is 5.35. The van der Waals surface area contributed by atoms with Gasteiger partial charge in [0.2, 0.25) is 11.8 Å². The molecule has 0 aromatic heterocycles. The maximum atomic E-state index is 12.8. The van der Waals surface area contributed by atoms with Crippen molar-refractivity contribution in [2.75, 3.05) is 16.9 Å². The molecule has 0 spiro atoms. The molecular weight excluding hydrogens is 545 g/mol. The third kappa shape index (κ3) is 7.61. The van der Waals surface area contributed by atoms with Crippen LogP contribution in [0.1, 0.15) is 28.8 Å². The van der Waals surface area contributed by atoms with E-state index in [0.29, 0.717) is 11.3 Å². The van der Waals surface area contributed by atoms with Gasteiger partial charge in [0.25, 0.3) is 5.91 Å². The number of nitrogens with one attached hydrogen (secondary N) is 2. The first-order chi connectivity index (χ1) is 17.6. The molecule has 1 aliphatic heterocycles. The van der Waals surface area contributed by atoms with Crippen LogP contribution in [0.2, 0.25) is 10.0 Å². The van der Waals surface area contributed by atoms with E-state index in [0.717, 1.165) is 0 Å². The summed E-state index contributed by atoms with van der Waals surface area (Å²) in [6.07, 6.45) is -0.639. The number of hydrogen-bond donors (Lipinski definition) is 4. The summed E-state index contributed by atoms with van der Waals surface area (Å²) < 4.78 is 0. The van der Waals surface area contributed by atoms with Crippen LogP contribution in [-0.4, -0.2) is 68.5 Å². The zero-order valence-electron chi connectivity index (χ0n) is 19.3. The molecule has 3 rings (SSSR count). The predicted molar refractivity (Wildman–Crippen MR) is 139 cm³/mol. The van der Waals surface area contributed by atoms with Crippen LogP contribution in [0.4, 0.5) is 5.69 Å². The van der Waals surface area contributed by atoms with Crippen molar-refractivity contribution in [3.63, 3.8) is 0 Å². The highest BCUT2D eigenvalue weighted by atomic mass is 35.5. The molecule has 1 fully saturated rings. The molecule has 1 heterocycles. The van der Waals surface area contributed by atoms with Crippen molar-refractivity contribution >= 4 is 70.3 Å². The highest BCUT2D eigenvalue weighted by molar-refractivity contribution is 7.99. The van der Waals surface area contributed by atoms with E-state index in [9.17, 15) is 29.1 Å². The molecule has 1 saturated heterocycles. The van der Waals surface area contributed by atoms with Gasteiger partial charge in [-0.1, -0.05) is 41.4 Å². The second-order valence-electron chi connectivity index (χ2n) is 8.12. The summed E-state index contributed by atoms with van der Waals surface area (Å²) in [5.41, 5.74) is 1.14. The quantitative estimate of drug-likeness (QED) is 0.341. The summed E-state index contributed by atoms with van der Waals surface area (Å²) in [6.45, 7) is 0. The number of benzene rings is 2. The van der Waals surface area contributed by atoms with Crippen molar-refractivity contribution in [1.29, 1.82) is 0 Å². The second-order valence-corrected chi connectivity index (χ2v) is 9.94. The fourth-order valence-electron chi connectivity index (χ4n) is 3.60. The van der Waals surface area contributed by atoms with Crippen LogP contribution < -0.4 is 10.6 Å². The van der Waals surface area contributed by atoms with Crippen molar-refractivity contribution < 1.29 is 34.2 Å². The largest absolute Gasteiger partial charge is 0.481 e. The van der Waals surface area contributed by atoms with Gasteiger partial charge < -0.3 is 25.7 Å². The third-order valence-electron chi connectivity index (χ3n) is 5.51. The van der Waals surface area contributed by atoms with Gasteiger partial charge in [-0.3, -0.25) is 19.2 Å². The minimum Gasteiger partial charge on any atom is -0.481 e. The molecule has 3 amide bonds. The number of carboxylic acid groups (broad SMARTS) is 2. The molecule has 13 heteroatoms. The highest BCUT2D eigenvalue weighted by Crippen LogP contribution is 2.26. The van der Waals surface area contributed by atoms with Crippen LogP contribution in [0.3, 0.4) is 0 Å². The molecule has 0 aliphatic carbocycles. The van der Waals surface area contributed by atoms with E-state index in [2.05, 4.69) is 10.6 Å². The van der Waals surface area contributed by atoms with Crippen molar-refractivity contribution in [2.24, 2.45) is 0 Å². The van der Waals surface area contributed by atoms with Gasteiger partial charge in [0.15, 0.2) is 0 Å². The molecule has 1 aliphatic rings. The SMILES string of the molecule is O=C(O)CCC(=O)N1CSCC1C(=O)NC(Cc1ccc(NC(=O)c2c(Cl)cccc2Cl)cc1)C(=O)O. The van der Waals surface area contributed by atoms with Crippen molar-refractivity contribution in [2.45, 2.75) is 31.3 Å². The minimum absolute atomic E-state index is 0.0432. The predicted octanol–water partition coefficient (Wildman–Crippen LogP) is 3.12. The molecule has 0 radical (unpaired) electrons. The van der Waals surface area contributed by atoms with Crippen LogP contribution in [0.5, 0.6) is 0 Å².